The van der Waals surface area contributed by atoms with Crippen LogP contribution in [-0.2, 0) is 27.2 Å². The molecule has 5 heteroatoms. The number of hydrogen-bond acceptors (Lipinski definition) is 3. The summed E-state index contributed by atoms with van der Waals surface area (Å²) in [6.45, 7) is 3.72. The van der Waals surface area contributed by atoms with Crippen molar-refractivity contribution < 1.29 is 0 Å². The maximum absolute atomic E-state index is 4.21. The van der Waals surface area contributed by atoms with Gasteiger partial charge in [-0.15, -0.1) is 0 Å². The molecular weight excluding hydrogens is 202 g/mol. The maximum Gasteiger partial charge on any atom is 0.0547 e. The SMILES string of the molecule is Cc1cnn(C)c1CNCc1ccnn1C. The number of nitrogens with zero attached hydrogens (tertiary/aromatic N) is 4. The van der Waals surface area contributed by atoms with Gasteiger partial charge in [-0.2, -0.15) is 10.2 Å². The number of aryl methyl sites for hydroxylation is 3. The van der Waals surface area contributed by atoms with Gasteiger partial charge in [0.1, 0.15) is 0 Å². The van der Waals surface area contributed by atoms with Crippen molar-refractivity contribution in [1.29, 1.82) is 0 Å². The Morgan fingerprint density at radius 3 is 2.56 bits per heavy atom. The van der Waals surface area contributed by atoms with Gasteiger partial charge in [0.25, 0.3) is 0 Å². The summed E-state index contributed by atoms with van der Waals surface area (Å²) in [5.41, 5.74) is 3.63. The van der Waals surface area contributed by atoms with E-state index in [0.717, 1.165) is 13.1 Å². The van der Waals surface area contributed by atoms with E-state index in [1.54, 1.807) is 0 Å². The van der Waals surface area contributed by atoms with E-state index in [1.165, 1.54) is 17.0 Å². The zero-order valence-corrected chi connectivity index (χ0v) is 9.94. The van der Waals surface area contributed by atoms with E-state index < -0.39 is 0 Å². The average Bonchev–Trinajstić information content (AvgIpc) is 2.79. The lowest BCUT2D eigenvalue weighted by molar-refractivity contribution is 0.593. The molecule has 0 aliphatic heterocycles. The first kappa shape index (κ1) is 10.9. The maximum atomic E-state index is 4.21. The van der Waals surface area contributed by atoms with Crippen molar-refractivity contribution in [1.82, 2.24) is 24.9 Å². The van der Waals surface area contributed by atoms with Crippen LogP contribution in [0, 0.1) is 6.92 Å². The Bertz CT molecular complexity index is 449. The summed E-state index contributed by atoms with van der Waals surface area (Å²) in [7, 11) is 3.92. The molecule has 2 heterocycles. The molecule has 0 aliphatic carbocycles. The van der Waals surface area contributed by atoms with E-state index in [0.29, 0.717) is 0 Å². The van der Waals surface area contributed by atoms with Crippen LogP contribution in [0.3, 0.4) is 0 Å². The highest BCUT2D eigenvalue weighted by atomic mass is 15.3. The smallest absolute Gasteiger partial charge is 0.0547 e. The topological polar surface area (TPSA) is 47.7 Å². The summed E-state index contributed by atoms with van der Waals surface area (Å²) in [5, 5.41) is 11.7. The van der Waals surface area contributed by atoms with Crippen LogP contribution < -0.4 is 5.32 Å². The number of hydrogen-bond donors (Lipinski definition) is 1. The molecule has 16 heavy (non-hydrogen) atoms. The second kappa shape index (κ2) is 4.49. The quantitative estimate of drug-likeness (QED) is 0.825. The van der Waals surface area contributed by atoms with Crippen LogP contribution in [0.15, 0.2) is 18.5 Å². The fourth-order valence-electron chi connectivity index (χ4n) is 1.71. The summed E-state index contributed by atoms with van der Waals surface area (Å²) < 4.78 is 3.79. The summed E-state index contributed by atoms with van der Waals surface area (Å²) in [6, 6.07) is 2.02. The minimum absolute atomic E-state index is 0.821. The Labute approximate surface area is 95.1 Å². The highest BCUT2D eigenvalue weighted by Crippen LogP contribution is 2.05. The molecule has 0 radical (unpaired) electrons. The monoisotopic (exact) mass is 219 g/mol. The predicted molar refractivity (Wildman–Crippen MR) is 61.7 cm³/mol. The van der Waals surface area contributed by atoms with E-state index in [-0.39, 0.29) is 0 Å². The molecule has 2 aromatic heterocycles. The van der Waals surface area contributed by atoms with Gasteiger partial charge < -0.3 is 5.32 Å². The second-order valence-corrected chi connectivity index (χ2v) is 3.95. The fraction of sp³-hybridized carbons (Fsp3) is 0.455. The highest BCUT2D eigenvalue weighted by molar-refractivity contribution is 5.15. The van der Waals surface area contributed by atoms with E-state index >= 15 is 0 Å². The molecule has 0 bridgehead atoms. The molecule has 0 atom stereocenters. The van der Waals surface area contributed by atoms with Gasteiger partial charge in [0, 0.05) is 33.4 Å². The molecule has 0 saturated heterocycles. The van der Waals surface area contributed by atoms with Gasteiger partial charge >= 0.3 is 0 Å². The fourth-order valence-corrected chi connectivity index (χ4v) is 1.71. The summed E-state index contributed by atoms with van der Waals surface area (Å²) in [4.78, 5) is 0. The minimum atomic E-state index is 0.821. The molecule has 0 aromatic carbocycles. The molecule has 2 rings (SSSR count). The first-order chi connectivity index (χ1) is 7.68. The molecule has 0 amide bonds. The van der Waals surface area contributed by atoms with E-state index in [1.807, 2.05) is 41.9 Å². The molecule has 0 spiro atoms. The normalized spacial score (nSPS) is 10.9. The van der Waals surface area contributed by atoms with Gasteiger partial charge in [0.15, 0.2) is 0 Å². The van der Waals surface area contributed by atoms with Crippen molar-refractivity contribution in [3.05, 3.63) is 35.4 Å². The third kappa shape index (κ3) is 2.14. The lowest BCUT2D eigenvalue weighted by atomic mass is 10.2. The number of aromatic nitrogens is 4. The van der Waals surface area contributed by atoms with Gasteiger partial charge in [0.05, 0.1) is 17.6 Å². The van der Waals surface area contributed by atoms with E-state index in [4.69, 9.17) is 0 Å². The standard InChI is InChI=1S/C11H17N5/c1-9-6-14-16(3)11(9)8-12-7-10-4-5-13-15(10)2/h4-6,12H,7-8H2,1-3H3. The van der Waals surface area contributed by atoms with Gasteiger partial charge in [-0.3, -0.25) is 9.36 Å². The molecule has 1 N–H and O–H groups in total. The molecule has 0 aliphatic rings. The van der Waals surface area contributed by atoms with Crippen LogP contribution in [0.4, 0.5) is 0 Å². The Balaban J connectivity index is 1.92. The first-order valence-electron chi connectivity index (χ1n) is 5.33. The lowest BCUT2D eigenvalue weighted by Crippen LogP contribution is -2.17. The van der Waals surface area contributed by atoms with Gasteiger partial charge in [-0.1, -0.05) is 0 Å². The van der Waals surface area contributed by atoms with E-state index in [2.05, 4.69) is 22.4 Å². The predicted octanol–water partition coefficient (Wildman–Crippen LogP) is 0.752. The summed E-state index contributed by atoms with van der Waals surface area (Å²) in [5.74, 6) is 0. The van der Waals surface area contributed by atoms with Crippen molar-refractivity contribution in [2.45, 2.75) is 20.0 Å². The number of nitrogens with one attached hydrogen (secondary N) is 1. The van der Waals surface area contributed by atoms with Crippen LogP contribution in [0.1, 0.15) is 17.0 Å². The van der Waals surface area contributed by atoms with Crippen LogP contribution >= 0.6 is 0 Å². The van der Waals surface area contributed by atoms with Crippen molar-refractivity contribution >= 4 is 0 Å². The zero-order chi connectivity index (χ0) is 11.5. The molecular formula is C11H17N5. The van der Waals surface area contributed by atoms with E-state index in [9.17, 15) is 0 Å². The van der Waals surface area contributed by atoms with Crippen molar-refractivity contribution in [3.8, 4) is 0 Å². The third-order valence-electron chi connectivity index (χ3n) is 2.79. The van der Waals surface area contributed by atoms with Crippen LogP contribution in [0.2, 0.25) is 0 Å². The van der Waals surface area contributed by atoms with Crippen LogP contribution in [0.5, 0.6) is 0 Å². The van der Waals surface area contributed by atoms with Crippen molar-refractivity contribution in [2.75, 3.05) is 0 Å². The molecule has 0 unspecified atom stereocenters. The first-order valence-corrected chi connectivity index (χ1v) is 5.33. The Morgan fingerprint density at radius 1 is 1.19 bits per heavy atom. The van der Waals surface area contributed by atoms with Gasteiger partial charge in [-0.25, -0.2) is 0 Å². The largest absolute Gasteiger partial charge is 0.306 e. The summed E-state index contributed by atoms with van der Waals surface area (Å²) in [6.07, 6.45) is 3.70. The molecule has 2 aromatic rings. The van der Waals surface area contributed by atoms with Crippen molar-refractivity contribution in [2.24, 2.45) is 14.1 Å². The van der Waals surface area contributed by atoms with Crippen molar-refractivity contribution in [3.63, 3.8) is 0 Å². The molecule has 86 valence electrons. The second-order valence-electron chi connectivity index (χ2n) is 3.95. The zero-order valence-electron chi connectivity index (χ0n) is 9.94. The van der Waals surface area contributed by atoms with Crippen LogP contribution in [-0.4, -0.2) is 19.6 Å². The van der Waals surface area contributed by atoms with Crippen LogP contribution in [0.25, 0.3) is 0 Å². The average molecular weight is 219 g/mol. The van der Waals surface area contributed by atoms with Gasteiger partial charge in [0.2, 0.25) is 0 Å². The molecule has 5 nitrogen and oxygen atoms in total. The minimum Gasteiger partial charge on any atom is -0.306 e. The Morgan fingerprint density at radius 2 is 2.00 bits per heavy atom. The Kier molecular flexibility index (Phi) is 3.05. The number of rotatable bonds is 4. The molecule has 0 fully saturated rings. The summed E-state index contributed by atoms with van der Waals surface area (Å²) >= 11 is 0. The highest BCUT2D eigenvalue weighted by Gasteiger charge is 2.04. The lowest BCUT2D eigenvalue weighted by Gasteiger charge is -2.06. The van der Waals surface area contributed by atoms with Gasteiger partial charge in [-0.05, 0) is 18.6 Å². The molecule has 0 saturated carbocycles. The third-order valence-corrected chi connectivity index (χ3v) is 2.79. The Hall–Kier alpha value is -1.62.